The molecular weight excluding hydrogens is 440 g/mol. The highest BCUT2D eigenvalue weighted by molar-refractivity contribution is 7.97. The van der Waals surface area contributed by atoms with Gasteiger partial charge in [-0.05, 0) is 30.4 Å². The molecule has 1 heterocycles. The molecule has 0 radical (unpaired) electrons. The third-order valence-electron chi connectivity index (χ3n) is 5.73. The summed E-state index contributed by atoms with van der Waals surface area (Å²) >= 11 is 0. The van der Waals surface area contributed by atoms with Crippen LogP contribution in [0, 0.1) is 0 Å². The summed E-state index contributed by atoms with van der Waals surface area (Å²) in [5, 5.41) is 2.81. The molecule has 0 N–H and O–H groups in total. The summed E-state index contributed by atoms with van der Waals surface area (Å²) in [6.07, 6.45) is 10.1. The molecule has 6 heteroatoms. The lowest BCUT2D eigenvalue weighted by molar-refractivity contribution is 0.0691. The highest BCUT2D eigenvalue weighted by Gasteiger charge is 2.36. The second-order valence-electron chi connectivity index (χ2n) is 8.51. The molecule has 0 aliphatic carbocycles. The Kier molecular flexibility index (Phi) is 12.7. The standard InChI is InChI=1S/C18H23OS.C8H18O3S/c1-2-3-12-19-16-11-13-20(14-16)18-10-6-8-15-7-4-5-9-17(15)18;1-2-3-4-5-6-7-8-12(9,10)11/h4-10,16H,2-3,11-14H2,1H3;2-8H2,1H3,(H,9,10,11)/q+1;/p-1. The molecule has 2 atom stereocenters. The van der Waals surface area contributed by atoms with E-state index in [-0.39, 0.29) is 5.75 Å². The van der Waals surface area contributed by atoms with Crippen LogP contribution in [0.2, 0.25) is 0 Å². The summed E-state index contributed by atoms with van der Waals surface area (Å²) in [7, 11) is -3.59. The Morgan fingerprint density at radius 1 is 0.938 bits per heavy atom. The average Bonchev–Trinajstić information content (AvgIpc) is 3.24. The second kappa shape index (κ2) is 14.9. The maximum atomic E-state index is 10.2. The first kappa shape index (κ1) is 27.2. The molecule has 0 spiro atoms. The Morgan fingerprint density at radius 3 is 2.38 bits per heavy atom. The highest BCUT2D eigenvalue weighted by atomic mass is 32.2. The van der Waals surface area contributed by atoms with Crippen LogP contribution >= 0.6 is 0 Å². The van der Waals surface area contributed by atoms with Gasteiger partial charge < -0.3 is 9.29 Å². The molecule has 2 aromatic rings. The van der Waals surface area contributed by atoms with Gasteiger partial charge >= 0.3 is 0 Å². The van der Waals surface area contributed by atoms with Crippen molar-refractivity contribution < 1.29 is 17.7 Å². The Labute approximate surface area is 198 Å². The highest BCUT2D eigenvalue weighted by Crippen LogP contribution is 2.30. The molecule has 1 aliphatic heterocycles. The van der Waals surface area contributed by atoms with Crippen LogP contribution in [0.15, 0.2) is 47.4 Å². The minimum atomic E-state index is -3.97. The van der Waals surface area contributed by atoms with Crippen molar-refractivity contribution in [3.63, 3.8) is 0 Å². The zero-order chi connectivity index (χ0) is 23.2. The SMILES string of the molecule is CCCCCCCCS(=O)(=O)[O-].CCCCOC1CC[S+](c2cccc3ccccc23)C1. The van der Waals surface area contributed by atoms with Crippen LogP contribution in [-0.2, 0) is 25.7 Å². The molecule has 180 valence electrons. The van der Waals surface area contributed by atoms with E-state index in [9.17, 15) is 13.0 Å². The van der Waals surface area contributed by atoms with Crippen LogP contribution in [0.4, 0.5) is 0 Å². The largest absolute Gasteiger partial charge is 0.748 e. The zero-order valence-corrected chi connectivity index (χ0v) is 21.4. The second-order valence-corrected chi connectivity index (χ2v) is 12.2. The first-order chi connectivity index (χ1) is 15.4. The lowest BCUT2D eigenvalue weighted by atomic mass is 10.1. The van der Waals surface area contributed by atoms with Gasteiger partial charge in [-0.3, -0.25) is 0 Å². The van der Waals surface area contributed by atoms with E-state index in [0.717, 1.165) is 25.9 Å². The van der Waals surface area contributed by atoms with Gasteiger partial charge in [-0.15, -0.1) is 0 Å². The fourth-order valence-electron chi connectivity index (χ4n) is 3.90. The number of rotatable bonds is 12. The van der Waals surface area contributed by atoms with Crippen LogP contribution in [0.3, 0.4) is 0 Å². The Morgan fingerprint density at radius 2 is 1.62 bits per heavy atom. The number of unbranched alkanes of at least 4 members (excludes halogenated alkanes) is 6. The van der Waals surface area contributed by atoms with Crippen molar-refractivity contribution in [2.75, 3.05) is 23.9 Å². The number of hydrogen-bond acceptors (Lipinski definition) is 4. The van der Waals surface area contributed by atoms with Gasteiger partial charge in [0.15, 0.2) is 4.90 Å². The van der Waals surface area contributed by atoms with E-state index in [1.54, 1.807) is 4.90 Å². The molecule has 0 saturated carbocycles. The molecule has 2 aromatic carbocycles. The summed E-state index contributed by atoms with van der Waals surface area (Å²) in [6, 6.07) is 15.5. The van der Waals surface area contributed by atoms with Gasteiger partial charge in [0, 0.05) is 35.1 Å². The van der Waals surface area contributed by atoms with Gasteiger partial charge in [0.1, 0.15) is 17.6 Å². The Bertz CT molecular complexity index is 877. The molecule has 0 aromatic heterocycles. The fraction of sp³-hybridized carbons (Fsp3) is 0.615. The number of hydrogen-bond donors (Lipinski definition) is 0. The first-order valence-corrected chi connectivity index (χ1v) is 15.3. The van der Waals surface area contributed by atoms with Crippen LogP contribution in [0.25, 0.3) is 10.8 Å². The van der Waals surface area contributed by atoms with Gasteiger partial charge in [0.2, 0.25) is 0 Å². The Balaban J connectivity index is 0.000000262. The van der Waals surface area contributed by atoms with E-state index in [4.69, 9.17) is 4.74 Å². The van der Waals surface area contributed by atoms with Crippen molar-refractivity contribution in [2.45, 2.75) is 82.6 Å². The van der Waals surface area contributed by atoms with E-state index in [1.807, 2.05) is 0 Å². The maximum absolute atomic E-state index is 10.2. The zero-order valence-electron chi connectivity index (χ0n) is 19.8. The molecular formula is C26H40O4S2. The molecule has 3 rings (SSSR count). The molecule has 4 nitrogen and oxygen atoms in total. The van der Waals surface area contributed by atoms with Crippen molar-refractivity contribution in [2.24, 2.45) is 0 Å². The van der Waals surface area contributed by atoms with E-state index in [2.05, 4.69) is 56.3 Å². The third kappa shape index (κ3) is 10.2. The molecule has 1 fully saturated rings. The summed E-state index contributed by atoms with van der Waals surface area (Å²) in [5.41, 5.74) is 0. The summed E-state index contributed by atoms with van der Waals surface area (Å²) in [6.45, 7) is 5.29. The predicted molar refractivity (Wildman–Crippen MR) is 137 cm³/mol. The number of ether oxygens (including phenoxy) is 1. The van der Waals surface area contributed by atoms with Crippen LogP contribution in [0.1, 0.15) is 71.6 Å². The Hall–Kier alpha value is -1.08. The number of benzene rings is 2. The van der Waals surface area contributed by atoms with Crippen molar-refractivity contribution in [1.29, 1.82) is 0 Å². The van der Waals surface area contributed by atoms with E-state index in [0.29, 0.717) is 23.4 Å². The lowest BCUT2D eigenvalue weighted by Gasteiger charge is -2.08. The van der Waals surface area contributed by atoms with Crippen molar-refractivity contribution in [1.82, 2.24) is 0 Å². The van der Waals surface area contributed by atoms with Crippen LogP contribution in [0.5, 0.6) is 0 Å². The maximum Gasteiger partial charge on any atom is 0.162 e. The number of fused-ring (bicyclic) bond motifs is 1. The summed E-state index contributed by atoms with van der Waals surface area (Å²) in [5.74, 6) is 2.32. The molecule has 1 aliphatic rings. The van der Waals surface area contributed by atoms with Gasteiger partial charge in [0.05, 0.1) is 10.1 Å². The summed E-state index contributed by atoms with van der Waals surface area (Å²) in [4.78, 5) is 1.55. The molecule has 0 bridgehead atoms. The molecule has 0 amide bonds. The minimum Gasteiger partial charge on any atom is -0.748 e. The summed E-state index contributed by atoms with van der Waals surface area (Å²) < 4.78 is 36.5. The van der Waals surface area contributed by atoms with Gasteiger partial charge in [-0.1, -0.05) is 82.7 Å². The molecule has 1 saturated heterocycles. The quantitative estimate of drug-likeness (QED) is 0.203. The average molecular weight is 481 g/mol. The van der Waals surface area contributed by atoms with Crippen molar-refractivity contribution in [3.05, 3.63) is 42.5 Å². The topological polar surface area (TPSA) is 66.4 Å². The van der Waals surface area contributed by atoms with E-state index >= 15 is 0 Å². The fourth-order valence-corrected chi connectivity index (χ4v) is 7.05. The first-order valence-electron chi connectivity index (χ1n) is 12.1. The molecule has 32 heavy (non-hydrogen) atoms. The monoisotopic (exact) mass is 480 g/mol. The normalized spacial score (nSPS) is 18.5. The molecule has 2 unspecified atom stereocenters. The van der Waals surface area contributed by atoms with E-state index in [1.165, 1.54) is 54.4 Å². The van der Waals surface area contributed by atoms with Gasteiger partial charge in [-0.2, -0.15) is 0 Å². The predicted octanol–water partition coefficient (Wildman–Crippen LogP) is 6.30. The smallest absolute Gasteiger partial charge is 0.162 e. The van der Waals surface area contributed by atoms with Crippen LogP contribution < -0.4 is 0 Å². The van der Waals surface area contributed by atoms with Crippen molar-refractivity contribution >= 4 is 31.8 Å². The lowest BCUT2D eigenvalue weighted by Crippen LogP contribution is -2.15. The van der Waals surface area contributed by atoms with E-state index < -0.39 is 10.1 Å². The minimum absolute atomic E-state index is 0.195. The van der Waals surface area contributed by atoms with Gasteiger partial charge in [-0.25, -0.2) is 8.42 Å². The van der Waals surface area contributed by atoms with Crippen LogP contribution in [-0.4, -0.2) is 42.9 Å². The van der Waals surface area contributed by atoms with Gasteiger partial charge in [0.25, 0.3) is 0 Å². The third-order valence-corrected chi connectivity index (χ3v) is 9.00. The van der Waals surface area contributed by atoms with Crippen molar-refractivity contribution in [3.8, 4) is 0 Å².